The maximum absolute atomic E-state index is 13.4. The van der Waals surface area contributed by atoms with Crippen LogP contribution in [-0.2, 0) is 0 Å². The molecule has 1 fully saturated rings. The van der Waals surface area contributed by atoms with Crippen LogP contribution in [0.25, 0.3) is 0 Å². The quantitative estimate of drug-likeness (QED) is 0.925. The molecule has 5 heteroatoms. The Morgan fingerprint density at radius 2 is 2.30 bits per heavy atom. The average Bonchev–Trinajstić information content (AvgIpc) is 2.39. The van der Waals surface area contributed by atoms with Crippen molar-refractivity contribution in [1.29, 1.82) is 0 Å². The van der Waals surface area contributed by atoms with Gasteiger partial charge >= 0.3 is 0 Å². The van der Waals surface area contributed by atoms with Gasteiger partial charge in [0.2, 0.25) is 0 Å². The van der Waals surface area contributed by atoms with E-state index in [0.717, 1.165) is 25.6 Å². The molecular weight excluding hydrogens is 257 g/mol. The Balaban J connectivity index is 2.26. The van der Waals surface area contributed by atoms with Crippen LogP contribution >= 0.6 is 0 Å². The molecular formula is C15H22FN3O. The van der Waals surface area contributed by atoms with Crippen LogP contribution in [0.4, 0.5) is 10.2 Å². The van der Waals surface area contributed by atoms with Crippen LogP contribution < -0.4 is 5.32 Å². The first-order valence-electron chi connectivity index (χ1n) is 7.11. The third-order valence-corrected chi connectivity index (χ3v) is 3.62. The van der Waals surface area contributed by atoms with Gasteiger partial charge in [0.15, 0.2) is 0 Å². The molecule has 0 spiro atoms. The van der Waals surface area contributed by atoms with Gasteiger partial charge in [-0.25, -0.2) is 9.37 Å². The second kappa shape index (κ2) is 5.77. The first-order valence-corrected chi connectivity index (χ1v) is 7.11. The lowest BCUT2D eigenvalue weighted by molar-refractivity contribution is 0.0583. The lowest BCUT2D eigenvalue weighted by Crippen LogP contribution is -2.43. The van der Waals surface area contributed by atoms with Gasteiger partial charge in [-0.3, -0.25) is 4.79 Å². The highest BCUT2D eigenvalue weighted by Crippen LogP contribution is 2.30. The monoisotopic (exact) mass is 279 g/mol. The molecule has 0 aromatic carbocycles. The van der Waals surface area contributed by atoms with Gasteiger partial charge in [0, 0.05) is 19.6 Å². The molecule has 0 atom stereocenters. The SMILES string of the molecule is CCNc1ncc(F)cc1C(=O)N1CCCC(C)(C)C1. The van der Waals surface area contributed by atoms with E-state index >= 15 is 0 Å². The van der Waals surface area contributed by atoms with Crippen molar-refractivity contribution >= 4 is 11.7 Å². The summed E-state index contributed by atoms with van der Waals surface area (Å²) in [5.74, 6) is -0.158. The second-order valence-corrected chi connectivity index (χ2v) is 6.07. The molecule has 0 radical (unpaired) electrons. The van der Waals surface area contributed by atoms with Crippen LogP contribution in [0.5, 0.6) is 0 Å². The number of likely N-dealkylation sites (tertiary alicyclic amines) is 1. The lowest BCUT2D eigenvalue weighted by atomic mass is 9.84. The van der Waals surface area contributed by atoms with Crippen LogP contribution in [0.15, 0.2) is 12.3 Å². The largest absolute Gasteiger partial charge is 0.370 e. The molecule has 1 N–H and O–H groups in total. The topological polar surface area (TPSA) is 45.2 Å². The number of hydrogen-bond donors (Lipinski definition) is 1. The first-order chi connectivity index (χ1) is 9.43. The molecule has 1 saturated heterocycles. The fourth-order valence-electron chi connectivity index (χ4n) is 2.68. The molecule has 4 nitrogen and oxygen atoms in total. The average molecular weight is 279 g/mol. The van der Waals surface area contributed by atoms with Gasteiger partial charge < -0.3 is 10.2 Å². The van der Waals surface area contributed by atoms with Crippen molar-refractivity contribution < 1.29 is 9.18 Å². The second-order valence-electron chi connectivity index (χ2n) is 6.07. The van der Waals surface area contributed by atoms with Crippen molar-refractivity contribution in [2.75, 3.05) is 25.0 Å². The molecule has 1 aliphatic rings. The molecule has 110 valence electrons. The number of nitrogens with one attached hydrogen (secondary N) is 1. The summed E-state index contributed by atoms with van der Waals surface area (Å²) in [5, 5.41) is 3.02. The van der Waals surface area contributed by atoms with Gasteiger partial charge in [0.25, 0.3) is 5.91 Å². The van der Waals surface area contributed by atoms with Gasteiger partial charge in [-0.05, 0) is 31.2 Å². The Bertz CT molecular complexity index is 502. The zero-order chi connectivity index (χ0) is 14.8. The molecule has 1 amide bonds. The third kappa shape index (κ3) is 3.26. The Morgan fingerprint density at radius 1 is 1.55 bits per heavy atom. The minimum Gasteiger partial charge on any atom is -0.370 e. The molecule has 2 heterocycles. The van der Waals surface area contributed by atoms with Gasteiger partial charge in [0.05, 0.1) is 11.8 Å². The Hall–Kier alpha value is -1.65. The maximum Gasteiger partial charge on any atom is 0.257 e. The van der Waals surface area contributed by atoms with Gasteiger partial charge in [-0.15, -0.1) is 0 Å². The number of nitrogens with zero attached hydrogens (tertiary/aromatic N) is 2. The van der Waals surface area contributed by atoms with Crippen LogP contribution in [0.3, 0.4) is 0 Å². The molecule has 0 saturated carbocycles. The van der Waals surface area contributed by atoms with Crippen molar-refractivity contribution in [3.63, 3.8) is 0 Å². The molecule has 0 bridgehead atoms. The van der Waals surface area contributed by atoms with Gasteiger partial charge in [-0.2, -0.15) is 0 Å². The van der Waals surface area contributed by atoms with Gasteiger partial charge in [0.1, 0.15) is 11.6 Å². The number of piperidine rings is 1. The normalized spacial score (nSPS) is 17.9. The molecule has 1 aromatic heterocycles. The van der Waals surface area contributed by atoms with Gasteiger partial charge in [-0.1, -0.05) is 13.8 Å². The Morgan fingerprint density at radius 3 is 2.95 bits per heavy atom. The van der Waals surface area contributed by atoms with Crippen molar-refractivity contribution in [3.8, 4) is 0 Å². The predicted molar refractivity (Wildman–Crippen MR) is 77.3 cm³/mol. The summed E-state index contributed by atoms with van der Waals surface area (Å²) < 4.78 is 13.4. The van der Waals surface area contributed by atoms with Crippen LogP contribution in [0.1, 0.15) is 44.0 Å². The molecule has 1 aliphatic heterocycles. The fourth-order valence-corrected chi connectivity index (χ4v) is 2.68. The van der Waals surface area contributed by atoms with Crippen molar-refractivity contribution in [2.45, 2.75) is 33.6 Å². The summed E-state index contributed by atoms with van der Waals surface area (Å²) in [6, 6.07) is 1.27. The van der Waals surface area contributed by atoms with Crippen LogP contribution in [-0.4, -0.2) is 35.4 Å². The van der Waals surface area contributed by atoms with E-state index in [1.165, 1.54) is 6.07 Å². The number of hydrogen-bond acceptors (Lipinski definition) is 3. The number of anilines is 1. The summed E-state index contributed by atoms with van der Waals surface area (Å²) in [7, 11) is 0. The van der Waals surface area contributed by atoms with E-state index in [0.29, 0.717) is 24.5 Å². The first kappa shape index (κ1) is 14.8. The van der Waals surface area contributed by atoms with E-state index in [1.54, 1.807) is 4.90 Å². The highest BCUT2D eigenvalue weighted by atomic mass is 19.1. The summed E-state index contributed by atoms with van der Waals surface area (Å²) in [6.07, 6.45) is 3.23. The van der Waals surface area contributed by atoms with Crippen LogP contribution in [0.2, 0.25) is 0 Å². The van der Waals surface area contributed by atoms with Crippen molar-refractivity contribution in [3.05, 3.63) is 23.6 Å². The maximum atomic E-state index is 13.4. The van der Waals surface area contributed by atoms with E-state index in [4.69, 9.17) is 0 Å². The van der Waals surface area contributed by atoms with Crippen molar-refractivity contribution in [1.82, 2.24) is 9.88 Å². The molecule has 0 unspecified atom stereocenters. The number of aromatic nitrogens is 1. The van der Waals surface area contributed by atoms with E-state index in [9.17, 15) is 9.18 Å². The highest BCUT2D eigenvalue weighted by Gasteiger charge is 2.30. The number of carbonyl (C=O) groups excluding carboxylic acids is 1. The number of rotatable bonds is 3. The van der Waals surface area contributed by atoms with E-state index in [1.807, 2.05) is 6.92 Å². The number of pyridine rings is 1. The molecule has 1 aromatic rings. The molecule has 20 heavy (non-hydrogen) atoms. The Kier molecular flexibility index (Phi) is 4.26. The number of amides is 1. The number of halogens is 1. The standard InChI is InChI=1S/C15H22FN3O/c1-4-17-13-12(8-11(16)9-18-13)14(20)19-7-5-6-15(2,3)10-19/h8-9H,4-7,10H2,1-3H3,(H,17,18). The lowest BCUT2D eigenvalue weighted by Gasteiger charge is -2.38. The number of carbonyl (C=O) groups is 1. The van der Waals surface area contributed by atoms with E-state index in [2.05, 4.69) is 24.1 Å². The molecule has 2 rings (SSSR count). The molecule has 0 aliphatic carbocycles. The summed E-state index contributed by atoms with van der Waals surface area (Å²) in [4.78, 5) is 18.4. The summed E-state index contributed by atoms with van der Waals surface area (Å²) in [5.41, 5.74) is 0.442. The van der Waals surface area contributed by atoms with E-state index in [-0.39, 0.29) is 11.3 Å². The summed E-state index contributed by atoms with van der Waals surface area (Å²) >= 11 is 0. The van der Waals surface area contributed by atoms with Crippen molar-refractivity contribution in [2.24, 2.45) is 5.41 Å². The Labute approximate surface area is 119 Å². The fraction of sp³-hybridized carbons (Fsp3) is 0.600. The predicted octanol–water partition coefficient (Wildman–Crippen LogP) is 2.91. The smallest absolute Gasteiger partial charge is 0.257 e. The van der Waals surface area contributed by atoms with Crippen LogP contribution in [0, 0.1) is 11.2 Å². The third-order valence-electron chi connectivity index (χ3n) is 3.62. The minimum absolute atomic E-state index is 0.118. The zero-order valence-electron chi connectivity index (χ0n) is 12.4. The minimum atomic E-state index is -0.480. The van der Waals surface area contributed by atoms with E-state index < -0.39 is 5.82 Å². The zero-order valence-corrected chi connectivity index (χ0v) is 12.4. The highest BCUT2D eigenvalue weighted by molar-refractivity contribution is 5.98. The summed E-state index contributed by atoms with van der Waals surface area (Å²) in [6.45, 7) is 8.30.